The summed E-state index contributed by atoms with van der Waals surface area (Å²) in [5.74, 6) is 0. The zero-order valence-electron chi connectivity index (χ0n) is 6.32. The summed E-state index contributed by atoms with van der Waals surface area (Å²) in [5, 5.41) is 8.59. The Labute approximate surface area is 84.4 Å². The number of aliphatic hydroxyl groups is 1. The van der Waals surface area contributed by atoms with E-state index in [9.17, 15) is 0 Å². The predicted octanol–water partition coefficient (Wildman–Crippen LogP) is 3.34. The molecule has 0 bridgehead atoms. The average molecular weight is 284 g/mol. The summed E-state index contributed by atoms with van der Waals surface area (Å²) in [4.78, 5) is 0. The second-order valence-corrected chi connectivity index (χ2v) is 4.83. The molecule has 0 spiro atoms. The van der Waals surface area contributed by atoms with E-state index in [2.05, 4.69) is 38.4 Å². The molecule has 11 heavy (non-hydrogen) atoms. The Morgan fingerprint density at radius 1 is 1.45 bits per heavy atom. The van der Waals surface area contributed by atoms with Gasteiger partial charge in [-0.2, -0.15) is 0 Å². The van der Waals surface area contributed by atoms with Crippen molar-refractivity contribution >= 4 is 31.9 Å². The fraction of sp³-hybridized carbons (Fsp3) is 0.500. The topological polar surface area (TPSA) is 20.2 Å². The van der Waals surface area contributed by atoms with Gasteiger partial charge in [0, 0.05) is 6.61 Å². The fourth-order valence-corrected chi connectivity index (χ4v) is 1.46. The van der Waals surface area contributed by atoms with Crippen molar-refractivity contribution in [2.24, 2.45) is 0 Å². The molecule has 0 aliphatic carbocycles. The number of aliphatic hydroxyl groups excluding tert-OH is 1. The molecule has 0 aromatic heterocycles. The molecule has 0 aromatic carbocycles. The summed E-state index contributed by atoms with van der Waals surface area (Å²) in [7, 11) is 0. The Hall–Kier alpha value is 0.400. The fourth-order valence-electron chi connectivity index (χ4n) is 0.740. The van der Waals surface area contributed by atoms with Crippen molar-refractivity contribution in [3.8, 4) is 0 Å². The molecule has 3 heteroatoms. The van der Waals surface area contributed by atoms with Gasteiger partial charge in [0.2, 0.25) is 0 Å². The van der Waals surface area contributed by atoms with Crippen LogP contribution in [0.5, 0.6) is 0 Å². The Balaban J connectivity index is 3.90. The largest absolute Gasteiger partial charge is 0.396 e. The Kier molecular flexibility index (Phi) is 7.33. The van der Waals surface area contributed by atoms with Crippen LogP contribution in [0.2, 0.25) is 0 Å². The van der Waals surface area contributed by atoms with Crippen LogP contribution in [0.1, 0.15) is 19.3 Å². The quantitative estimate of drug-likeness (QED) is 0.768. The van der Waals surface area contributed by atoms with Crippen molar-refractivity contribution in [1.29, 1.82) is 0 Å². The molecule has 0 heterocycles. The molecular formula is C8H12Br2O. The van der Waals surface area contributed by atoms with Gasteiger partial charge < -0.3 is 5.11 Å². The second-order valence-electron chi connectivity index (χ2n) is 2.18. The van der Waals surface area contributed by atoms with Gasteiger partial charge in [0.15, 0.2) is 0 Å². The van der Waals surface area contributed by atoms with Gasteiger partial charge in [-0.15, -0.1) is 6.58 Å². The molecular weight excluding hydrogens is 272 g/mol. The van der Waals surface area contributed by atoms with Crippen LogP contribution >= 0.6 is 31.9 Å². The summed E-state index contributed by atoms with van der Waals surface area (Å²) in [6.45, 7) is 3.90. The first-order chi connectivity index (χ1) is 5.22. The van der Waals surface area contributed by atoms with Gasteiger partial charge in [0.1, 0.15) is 0 Å². The van der Waals surface area contributed by atoms with E-state index in [0.29, 0.717) is 0 Å². The van der Waals surface area contributed by atoms with Gasteiger partial charge in [0.05, 0.1) is 3.39 Å². The van der Waals surface area contributed by atoms with Gasteiger partial charge >= 0.3 is 0 Å². The van der Waals surface area contributed by atoms with Crippen molar-refractivity contribution in [3.05, 3.63) is 21.6 Å². The van der Waals surface area contributed by atoms with Crippen LogP contribution in [-0.4, -0.2) is 11.7 Å². The summed E-state index contributed by atoms with van der Waals surface area (Å²) in [6, 6.07) is 0. The highest BCUT2D eigenvalue weighted by atomic mass is 79.9. The Morgan fingerprint density at radius 3 is 2.45 bits per heavy atom. The molecule has 64 valence electrons. The zero-order chi connectivity index (χ0) is 8.69. The summed E-state index contributed by atoms with van der Waals surface area (Å²) in [5.41, 5.74) is 1.24. The van der Waals surface area contributed by atoms with Crippen LogP contribution in [0.25, 0.3) is 0 Å². The molecule has 0 aromatic rings. The maximum Gasteiger partial charge on any atom is 0.0599 e. The van der Waals surface area contributed by atoms with E-state index in [1.54, 1.807) is 0 Å². The number of halogens is 2. The molecule has 0 aliphatic rings. The Bertz CT molecular complexity index is 148. The lowest BCUT2D eigenvalue weighted by Crippen LogP contribution is -1.87. The number of hydrogen-bond donors (Lipinski definition) is 1. The number of rotatable bonds is 5. The molecule has 0 radical (unpaired) electrons. The lowest BCUT2D eigenvalue weighted by atomic mass is 10.1. The summed E-state index contributed by atoms with van der Waals surface area (Å²) >= 11 is 6.68. The third kappa shape index (κ3) is 5.65. The van der Waals surface area contributed by atoms with Crippen molar-refractivity contribution in [2.75, 3.05) is 6.61 Å². The highest BCUT2D eigenvalue weighted by molar-refractivity contribution is 9.28. The summed E-state index contributed by atoms with van der Waals surface area (Å²) < 4.78 is 0.985. The van der Waals surface area contributed by atoms with Crippen LogP contribution in [0, 0.1) is 0 Å². The van der Waals surface area contributed by atoms with E-state index in [-0.39, 0.29) is 6.61 Å². The van der Waals surface area contributed by atoms with E-state index in [1.807, 2.05) is 6.08 Å². The minimum Gasteiger partial charge on any atom is -0.396 e. The maximum absolute atomic E-state index is 8.59. The van der Waals surface area contributed by atoms with Crippen molar-refractivity contribution < 1.29 is 5.11 Å². The molecule has 0 amide bonds. The first kappa shape index (κ1) is 11.4. The maximum atomic E-state index is 8.59. The normalized spacial score (nSPS) is 9.36. The molecule has 0 saturated heterocycles. The second kappa shape index (κ2) is 7.07. The lowest BCUT2D eigenvalue weighted by molar-refractivity contribution is 0.288. The monoisotopic (exact) mass is 282 g/mol. The molecule has 1 N–H and O–H groups in total. The SMILES string of the molecule is C=CCC(CCCO)=C(Br)Br. The van der Waals surface area contributed by atoms with Crippen LogP contribution in [-0.2, 0) is 0 Å². The van der Waals surface area contributed by atoms with Crippen LogP contribution < -0.4 is 0 Å². The molecule has 1 nitrogen and oxygen atoms in total. The van der Waals surface area contributed by atoms with Crippen LogP contribution in [0.3, 0.4) is 0 Å². The molecule has 0 saturated carbocycles. The highest BCUT2D eigenvalue weighted by Gasteiger charge is 1.98. The van der Waals surface area contributed by atoms with Crippen molar-refractivity contribution in [3.63, 3.8) is 0 Å². The third-order valence-corrected chi connectivity index (χ3v) is 2.42. The predicted molar refractivity (Wildman–Crippen MR) is 56.0 cm³/mol. The third-order valence-electron chi connectivity index (χ3n) is 1.29. The first-order valence-corrected chi connectivity index (χ1v) is 5.05. The van der Waals surface area contributed by atoms with Crippen LogP contribution in [0.15, 0.2) is 21.6 Å². The van der Waals surface area contributed by atoms with Crippen LogP contribution in [0.4, 0.5) is 0 Å². The van der Waals surface area contributed by atoms with Gasteiger partial charge in [-0.25, -0.2) is 0 Å². The van der Waals surface area contributed by atoms with Gasteiger partial charge in [-0.3, -0.25) is 0 Å². The van der Waals surface area contributed by atoms with Gasteiger partial charge in [0.25, 0.3) is 0 Å². The van der Waals surface area contributed by atoms with E-state index in [4.69, 9.17) is 5.11 Å². The number of allylic oxidation sites excluding steroid dienone is 2. The molecule has 0 atom stereocenters. The summed E-state index contributed by atoms with van der Waals surface area (Å²) in [6.07, 6.45) is 4.44. The smallest absolute Gasteiger partial charge is 0.0599 e. The van der Waals surface area contributed by atoms with Gasteiger partial charge in [-0.1, -0.05) is 6.08 Å². The first-order valence-electron chi connectivity index (χ1n) is 3.47. The highest BCUT2D eigenvalue weighted by Crippen LogP contribution is 2.25. The zero-order valence-corrected chi connectivity index (χ0v) is 9.49. The van der Waals surface area contributed by atoms with E-state index in [0.717, 1.165) is 22.7 Å². The number of hydrogen-bond acceptors (Lipinski definition) is 1. The Morgan fingerprint density at radius 2 is 2.09 bits per heavy atom. The minimum atomic E-state index is 0.244. The van der Waals surface area contributed by atoms with E-state index < -0.39 is 0 Å². The molecule has 0 fully saturated rings. The van der Waals surface area contributed by atoms with E-state index in [1.165, 1.54) is 5.57 Å². The van der Waals surface area contributed by atoms with Crippen molar-refractivity contribution in [1.82, 2.24) is 0 Å². The molecule has 0 unspecified atom stereocenters. The van der Waals surface area contributed by atoms with E-state index >= 15 is 0 Å². The standard InChI is InChI=1S/C8H12Br2O/c1-2-4-7(8(9)10)5-3-6-11/h2,11H,1,3-6H2. The minimum absolute atomic E-state index is 0.244. The van der Waals surface area contributed by atoms with Gasteiger partial charge in [-0.05, 0) is 56.7 Å². The van der Waals surface area contributed by atoms with Crippen molar-refractivity contribution in [2.45, 2.75) is 19.3 Å². The molecule has 0 aliphatic heterocycles. The molecule has 0 rings (SSSR count). The lowest BCUT2D eigenvalue weighted by Gasteiger charge is -2.02. The average Bonchev–Trinajstić information content (AvgIpc) is 1.97.